The van der Waals surface area contributed by atoms with Gasteiger partial charge in [-0.15, -0.1) is 0 Å². The second-order valence-corrected chi connectivity index (χ2v) is 2.24. The predicted molar refractivity (Wildman–Crippen MR) is 43.1 cm³/mol. The molecule has 0 atom stereocenters. The Bertz CT molecular complexity index is 164. The number of hydrogen-bond acceptors (Lipinski definition) is 2. The molecule has 0 heterocycles. The average Bonchev–Trinajstić information content (AvgIpc) is 2.05. The summed E-state index contributed by atoms with van der Waals surface area (Å²) >= 11 is 0. The van der Waals surface area contributed by atoms with Gasteiger partial charge in [0.25, 0.3) is 6.43 Å². The molecule has 0 radical (unpaired) electrons. The third-order valence-corrected chi connectivity index (χ3v) is 1.48. The standard InChI is InChI=1S/C8H13F2NO/c1-3-11(4-2)6-5-7(12)8(9)10/h5-6,8H,3-4H2,1-2H3/b6-5+. The molecule has 0 bridgehead atoms. The van der Waals surface area contributed by atoms with Gasteiger partial charge in [-0.25, -0.2) is 8.78 Å². The van der Waals surface area contributed by atoms with Crippen LogP contribution >= 0.6 is 0 Å². The zero-order valence-electron chi connectivity index (χ0n) is 7.26. The van der Waals surface area contributed by atoms with Crippen molar-refractivity contribution in [3.05, 3.63) is 12.3 Å². The Morgan fingerprint density at radius 2 is 1.92 bits per heavy atom. The number of alkyl halides is 2. The number of allylic oxidation sites excluding steroid dienone is 1. The van der Waals surface area contributed by atoms with Gasteiger partial charge in [-0.3, -0.25) is 4.79 Å². The Balaban J connectivity index is 3.95. The highest BCUT2D eigenvalue weighted by Crippen LogP contribution is 1.96. The number of rotatable bonds is 5. The van der Waals surface area contributed by atoms with E-state index in [9.17, 15) is 13.6 Å². The monoisotopic (exact) mass is 177 g/mol. The van der Waals surface area contributed by atoms with Crippen LogP contribution in [0.15, 0.2) is 12.3 Å². The van der Waals surface area contributed by atoms with Gasteiger partial charge in [0, 0.05) is 25.4 Å². The van der Waals surface area contributed by atoms with Crippen LogP contribution in [0.2, 0.25) is 0 Å². The van der Waals surface area contributed by atoms with E-state index in [0.717, 1.165) is 6.08 Å². The van der Waals surface area contributed by atoms with Gasteiger partial charge in [0.05, 0.1) is 0 Å². The molecule has 0 aromatic heterocycles. The second-order valence-electron chi connectivity index (χ2n) is 2.24. The number of ketones is 1. The number of halogens is 2. The predicted octanol–water partition coefficient (Wildman–Crippen LogP) is 1.68. The maximum absolute atomic E-state index is 11.7. The molecule has 0 aliphatic heterocycles. The van der Waals surface area contributed by atoms with Crippen molar-refractivity contribution in [3.8, 4) is 0 Å². The molecule has 12 heavy (non-hydrogen) atoms. The van der Waals surface area contributed by atoms with Crippen LogP contribution in [0.25, 0.3) is 0 Å². The summed E-state index contributed by atoms with van der Waals surface area (Å²) in [6.45, 7) is 5.20. The molecule has 70 valence electrons. The highest BCUT2D eigenvalue weighted by Gasteiger charge is 2.10. The Morgan fingerprint density at radius 1 is 1.42 bits per heavy atom. The molecule has 0 aliphatic carbocycles. The van der Waals surface area contributed by atoms with E-state index in [4.69, 9.17) is 0 Å². The van der Waals surface area contributed by atoms with E-state index in [2.05, 4.69) is 0 Å². The fourth-order valence-electron chi connectivity index (χ4n) is 0.686. The Morgan fingerprint density at radius 3 is 2.25 bits per heavy atom. The van der Waals surface area contributed by atoms with Gasteiger partial charge in [0.15, 0.2) is 0 Å². The van der Waals surface area contributed by atoms with E-state index in [1.807, 2.05) is 13.8 Å². The lowest BCUT2D eigenvalue weighted by atomic mass is 10.4. The van der Waals surface area contributed by atoms with E-state index >= 15 is 0 Å². The lowest BCUT2D eigenvalue weighted by Crippen LogP contribution is -2.16. The Hall–Kier alpha value is -0.930. The van der Waals surface area contributed by atoms with Crippen molar-refractivity contribution < 1.29 is 13.6 Å². The fraction of sp³-hybridized carbons (Fsp3) is 0.625. The average molecular weight is 177 g/mol. The van der Waals surface area contributed by atoms with Crippen LogP contribution in [0.1, 0.15) is 13.8 Å². The van der Waals surface area contributed by atoms with Crippen LogP contribution in [-0.2, 0) is 4.79 Å². The summed E-state index contributed by atoms with van der Waals surface area (Å²) in [5, 5.41) is 0. The van der Waals surface area contributed by atoms with Crippen molar-refractivity contribution in [1.82, 2.24) is 4.90 Å². The van der Waals surface area contributed by atoms with Crippen molar-refractivity contribution in [1.29, 1.82) is 0 Å². The summed E-state index contributed by atoms with van der Waals surface area (Å²) < 4.78 is 23.3. The van der Waals surface area contributed by atoms with E-state index in [-0.39, 0.29) is 0 Å². The molecule has 0 aromatic carbocycles. The molecule has 2 nitrogen and oxygen atoms in total. The van der Waals surface area contributed by atoms with Gasteiger partial charge in [0.1, 0.15) is 0 Å². The lowest BCUT2D eigenvalue weighted by Gasteiger charge is -2.13. The SMILES string of the molecule is CCN(/C=C/C(=O)C(F)F)CC. The van der Waals surface area contributed by atoms with Crippen molar-refractivity contribution in [2.45, 2.75) is 20.3 Å². The maximum Gasteiger partial charge on any atom is 0.299 e. The number of carbonyl (C=O) groups excluding carboxylic acids is 1. The first-order valence-electron chi connectivity index (χ1n) is 3.86. The van der Waals surface area contributed by atoms with Crippen molar-refractivity contribution >= 4 is 5.78 Å². The quantitative estimate of drug-likeness (QED) is 0.595. The molecule has 0 unspecified atom stereocenters. The third kappa shape index (κ3) is 4.05. The van der Waals surface area contributed by atoms with Crippen LogP contribution in [0.4, 0.5) is 8.78 Å². The number of nitrogens with zero attached hydrogens (tertiary/aromatic N) is 1. The molecule has 0 amide bonds. The second kappa shape index (κ2) is 5.69. The summed E-state index contributed by atoms with van der Waals surface area (Å²) in [7, 11) is 0. The summed E-state index contributed by atoms with van der Waals surface area (Å²) in [4.78, 5) is 12.2. The van der Waals surface area contributed by atoms with Crippen molar-refractivity contribution in [2.24, 2.45) is 0 Å². The van der Waals surface area contributed by atoms with Gasteiger partial charge in [-0.1, -0.05) is 0 Å². The normalized spacial score (nSPS) is 11.1. The zero-order valence-corrected chi connectivity index (χ0v) is 7.26. The molecule has 4 heteroatoms. The van der Waals surface area contributed by atoms with E-state index < -0.39 is 12.2 Å². The molecule has 0 N–H and O–H groups in total. The van der Waals surface area contributed by atoms with Crippen LogP contribution in [0, 0.1) is 0 Å². The molecule has 0 saturated carbocycles. The first kappa shape index (κ1) is 11.1. The minimum absolute atomic E-state index is 0.712. The van der Waals surface area contributed by atoms with Gasteiger partial charge in [-0.05, 0) is 13.8 Å². The summed E-state index contributed by atoms with van der Waals surface area (Å²) in [6, 6.07) is 0. The molecule has 0 rings (SSSR count). The van der Waals surface area contributed by atoms with Crippen LogP contribution in [-0.4, -0.2) is 30.2 Å². The molecule has 0 spiro atoms. The topological polar surface area (TPSA) is 20.3 Å². The minimum atomic E-state index is -2.89. The smallest absolute Gasteiger partial charge is 0.299 e. The van der Waals surface area contributed by atoms with Crippen LogP contribution in [0.3, 0.4) is 0 Å². The molecule has 0 saturated heterocycles. The first-order valence-corrected chi connectivity index (χ1v) is 3.86. The summed E-state index contributed by atoms with van der Waals surface area (Å²) in [6.07, 6.45) is -0.580. The van der Waals surface area contributed by atoms with Gasteiger partial charge >= 0.3 is 0 Å². The largest absolute Gasteiger partial charge is 0.378 e. The summed E-state index contributed by atoms with van der Waals surface area (Å²) in [5.41, 5.74) is 0. The van der Waals surface area contributed by atoms with E-state index in [0.29, 0.717) is 13.1 Å². The highest BCUT2D eigenvalue weighted by atomic mass is 19.3. The fourth-order valence-corrected chi connectivity index (χ4v) is 0.686. The molecule has 0 fully saturated rings. The minimum Gasteiger partial charge on any atom is -0.378 e. The third-order valence-electron chi connectivity index (χ3n) is 1.48. The Labute approximate surface area is 70.9 Å². The number of carbonyl (C=O) groups is 1. The molecular formula is C8H13F2NO. The Kier molecular flexibility index (Phi) is 5.25. The first-order chi connectivity index (χ1) is 5.61. The van der Waals surface area contributed by atoms with Gasteiger partial charge < -0.3 is 4.90 Å². The molecule has 0 aromatic rings. The van der Waals surface area contributed by atoms with Crippen molar-refractivity contribution in [2.75, 3.05) is 13.1 Å². The zero-order chi connectivity index (χ0) is 9.56. The lowest BCUT2D eigenvalue weighted by molar-refractivity contribution is -0.124. The van der Waals surface area contributed by atoms with Crippen LogP contribution < -0.4 is 0 Å². The van der Waals surface area contributed by atoms with Crippen molar-refractivity contribution in [3.63, 3.8) is 0 Å². The maximum atomic E-state index is 11.7. The number of hydrogen-bond donors (Lipinski definition) is 0. The van der Waals surface area contributed by atoms with Crippen LogP contribution in [0.5, 0.6) is 0 Å². The van der Waals surface area contributed by atoms with Gasteiger partial charge in [-0.2, -0.15) is 0 Å². The van der Waals surface area contributed by atoms with E-state index in [1.165, 1.54) is 6.20 Å². The van der Waals surface area contributed by atoms with E-state index in [1.54, 1.807) is 4.90 Å². The summed E-state index contributed by atoms with van der Waals surface area (Å²) in [5.74, 6) is -1.14. The molecule has 0 aliphatic rings. The van der Waals surface area contributed by atoms with Gasteiger partial charge in [0.2, 0.25) is 5.78 Å². The highest BCUT2D eigenvalue weighted by molar-refractivity contribution is 5.92. The molecular weight excluding hydrogens is 164 g/mol.